The fourth-order valence-electron chi connectivity index (χ4n) is 2.60. The van der Waals surface area contributed by atoms with Crippen LogP contribution < -0.4 is 0 Å². The molecule has 4 nitrogen and oxygen atoms in total. The standard InChI is InChI=1S/C12H22N2O2/c1-13(11-4-2-3-5-11)10-12(15)14-6-8-16-9-7-14/h11H,2-10H2,1H3. The zero-order valence-electron chi connectivity index (χ0n) is 10.2. The molecule has 0 N–H and O–H groups in total. The highest BCUT2D eigenvalue weighted by atomic mass is 16.5. The monoisotopic (exact) mass is 226 g/mol. The number of amides is 1. The lowest BCUT2D eigenvalue weighted by Gasteiger charge is -2.30. The van der Waals surface area contributed by atoms with E-state index in [1.807, 2.05) is 4.90 Å². The third-order valence-electron chi connectivity index (χ3n) is 3.70. The summed E-state index contributed by atoms with van der Waals surface area (Å²) < 4.78 is 5.25. The lowest BCUT2D eigenvalue weighted by molar-refractivity contribution is -0.136. The van der Waals surface area contributed by atoms with E-state index >= 15 is 0 Å². The molecular weight excluding hydrogens is 204 g/mol. The average Bonchev–Trinajstić information content (AvgIpc) is 2.83. The number of hydrogen-bond donors (Lipinski definition) is 0. The molecule has 1 aliphatic carbocycles. The Morgan fingerprint density at radius 3 is 2.56 bits per heavy atom. The minimum atomic E-state index is 0.262. The van der Waals surface area contributed by atoms with Crippen LogP contribution in [0.1, 0.15) is 25.7 Å². The van der Waals surface area contributed by atoms with E-state index in [0.717, 1.165) is 13.1 Å². The summed E-state index contributed by atoms with van der Waals surface area (Å²) in [6, 6.07) is 0.630. The molecule has 0 aromatic carbocycles. The Bertz CT molecular complexity index is 233. The quantitative estimate of drug-likeness (QED) is 0.711. The maximum atomic E-state index is 12.0. The van der Waals surface area contributed by atoms with Crippen LogP contribution in [-0.2, 0) is 9.53 Å². The van der Waals surface area contributed by atoms with Crippen molar-refractivity contribution in [3.8, 4) is 0 Å². The summed E-state index contributed by atoms with van der Waals surface area (Å²) in [7, 11) is 2.08. The maximum absolute atomic E-state index is 12.0. The number of morpholine rings is 1. The number of carbonyl (C=O) groups is 1. The lowest BCUT2D eigenvalue weighted by Crippen LogP contribution is -2.46. The summed E-state index contributed by atoms with van der Waals surface area (Å²) in [5.41, 5.74) is 0. The van der Waals surface area contributed by atoms with Gasteiger partial charge < -0.3 is 9.64 Å². The van der Waals surface area contributed by atoms with Crippen LogP contribution in [0.2, 0.25) is 0 Å². The van der Waals surface area contributed by atoms with Crippen LogP contribution in [0.15, 0.2) is 0 Å². The van der Waals surface area contributed by atoms with Gasteiger partial charge in [-0.2, -0.15) is 0 Å². The summed E-state index contributed by atoms with van der Waals surface area (Å²) in [5, 5.41) is 0. The first-order chi connectivity index (χ1) is 7.77. The molecule has 1 aliphatic heterocycles. The third kappa shape index (κ3) is 2.95. The number of rotatable bonds is 3. The van der Waals surface area contributed by atoms with E-state index in [0.29, 0.717) is 25.8 Å². The Balaban J connectivity index is 1.76. The van der Waals surface area contributed by atoms with Crippen molar-refractivity contribution in [1.82, 2.24) is 9.80 Å². The van der Waals surface area contributed by atoms with Gasteiger partial charge in [-0.25, -0.2) is 0 Å². The first-order valence-corrected chi connectivity index (χ1v) is 6.33. The third-order valence-corrected chi connectivity index (χ3v) is 3.70. The average molecular weight is 226 g/mol. The van der Waals surface area contributed by atoms with Crippen LogP contribution in [0.4, 0.5) is 0 Å². The highest BCUT2D eigenvalue weighted by Crippen LogP contribution is 2.22. The first kappa shape index (κ1) is 11.9. The van der Waals surface area contributed by atoms with Crippen molar-refractivity contribution in [2.75, 3.05) is 39.9 Å². The Labute approximate surface area is 97.5 Å². The van der Waals surface area contributed by atoms with Gasteiger partial charge in [-0.05, 0) is 19.9 Å². The van der Waals surface area contributed by atoms with Crippen molar-refractivity contribution in [3.63, 3.8) is 0 Å². The van der Waals surface area contributed by atoms with Gasteiger partial charge in [0.2, 0.25) is 5.91 Å². The van der Waals surface area contributed by atoms with Gasteiger partial charge in [0.1, 0.15) is 0 Å². The fraction of sp³-hybridized carbons (Fsp3) is 0.917. The molecule has 0 atom stereocenters. The molecule has 0 spiro atoms. The SMILES string of the molecule is CN(CC(=O)N1CCOCC1)C1CCCC1. The van der Waals surface area contributed by atoms with Gasteiger partial charge in [-0.15, -0.1) is 0 Å². The van der Waals surface area contributed by atoms with Crippen molar-refractivity contribution >= 4 is 5.91 Å². The minimum Gasteiger partial charge on any atom is -0.378 e. The van der Waals surface area contributed by atoms with Crippen LogP contribution in [0.3, 0.4) is 0 Å². The van der Waals surface area contributed by atoms with E-state index in [2.05, 4.69) is 11.9 Å². The Kier molecular flexibility index (Phi) is 4.18. The Morgan fingerprint density at radius 1 is 1.31 bits per heavy atom. The summed E-state index contributed by atoms with van der Waals surface area (Å²) in [6.07, 6.45) is 5.15. The highest BCUT2D eigenvalue weighted by Gasteiger charge is 2.24. The van der Waals surface area contributed by atoms with Crippen LogP contribution in [0, 0.1) is 0 Å². The van der Waals surface area contributed by atoms with E-state index in [1.165, 1.54) is 25.7 Å². The van der Waals surface area contributed by atoms with Crippen molar-refractivity contribution < 1.29 is 9.53 Å². The fourth-order valence-corrected chi connectivity index (χ4v) is 2.60. The van der Waals surface area contributed by atoms with Gasteiger partial charge >= 0.3 is 0 Å². The van der Waals surface area contributed by atoms with Crippen LogP contribution in [0.5, 0.6) is 0 Å². The van der Waals surface area contributed by atoms with Gasteiger partial charge in [0, 0.05) is 19.1 Å². The number of ether oxygens (including phenoxy) is 1. The second-order valence-corrected chi connectivity index (χ2v) is 4.85. The predicted molar refractivity (Wildman–Crippen MR) is 62.3 cm³/mol. The van der Waals surface area contributed by atoms with Gasteiger partial charge in [-0.1, -0.05) is 12.8 Å². The zero-order chi connectivity index (χ0) is 11.4. The number of carbonyl (C=O) groups excluding carboxylic acids is 1. The van der Waals surface area contributed by atoms with Crippen molar-refractivity contribution in [2.24, 2.45) is 0 Å². The van der Waals surface area contributed by atoms with Gasteiger partial charge in [0.25, 0.3) is 0 Å². The van der Waals surface area contributed by atoms with E-state index in [9.17, 15) is 4.79 Å². The van der Waals surface area contributed by atoms with Crippen LogP contribution in [-0.4, -0.2) is 61.6 Å². The molecule has 4 heteroatoms. The van der Waals surface area contributed by atoms with E-state index < -0.39 is 0 Å². The predicted octanol–water partition coefficient (Wildman–Crippen LogP) is 0.720. The minimum absolute atomic E-state index is 0.262. The summed E-state index contributed by atoms with van der Waals surface area (Å²) in [5.74, 6) is 0.262. The molecule has 16 heavy (non-hydrogen) atoms. The smallest absolute Gasteiger partial charge is 0.236 e. The molecule has 1 saturated carbocycles. The van der Waals surface area contributed by atoms with Gasteiger partial charge in [0.05, 0.1) is 19.8 Å². The van der Waals surface area contributed by atoms with Crippen molar-refractivity contribution in [2.45, 2.75) is 31.7 Å². The highest BCUT2D eigenvalue weighted by molar-refractivity contribution is 5.78. The molecule has 2 rings (SSSR count). The Hall–Kier alpha value is -0.610. The number of likely N-dealkylation sites (N-methyl/N-ethyl adjacent to an activating group) is 1. The molecule has 0 aromatic heterocycles. The number of hydrogen-bond acceptors (Lipinski definition) is 3. The van der Waals surface area contributed by atoms with E-state index in [-0.39, 0.29) is 5.91 Å². The number of nitrogens with zero attached hydrogens (tertiary/aromatic N) is 2. The van der Waals surface area contributed by atoms with Crippen LogP contribution >= 0.6 is 0 Å². The van der Waals surface area contributed by atoms with Gasteiger partial charge in [0.15, 0.2) is 0 Å². The van der Waals surface area contributed by atoms with Crippen LogP contribution in [0.25, 0.3) is 0 Å². The van der Waals surface area contributed by atoms with E-state index in [1.54, 1.807) is 0 Å². The molecule has 1 saturated heterocycles. The Morgan fingerprint density at radius 2 is 1.94 bits per heavy atom. The molecule has 1 heterocycles. The molecule has 1 amide bonds. The lowest BCUT2D eigenvalue weighted by atomic mass is 10.2. The van der Waals surface area contributed by atoms with Crippen molar-refractivity contribution in [3.05, 3.63) is 0 Å². The van der Waals surface area contributed by atoms with Gasteiger partial charge in [-0.3, -0.25) is 9.69 Å². The summed E-state index contributed by atoms with van der Waals surface area (Å²) in [4.78, 5) is 16.1. The van der Waals surface area contributed by atoms with Crippen molar-refractivity contribution in [1.29, 1.82) is 0 Å². The topological polar surface area (TPSA) is 32.8 Å². The molecule has 0 radical (unpaired) electrons. The molecule has 2 aliphatic rings. The normalized spacial score (nSPS) is 23.0. The first-order valence-electron chi connectivity index (χ1n) is 6.33. The molecule has 92 valence electrons. The maximum Gasteiger partial charge on any atom is 0.236 e. The molecular formula is C12H22N2O2. The zero-order valence-corrected chi connectivity index (χ0v) is 10.2. The summed E-state index contributed by atoms with van der Waals surface area (Å²) in [6.45, 7) is 3.48. The van der Waals surface area contributed by atoms with E-state index in [4.69, 9.17) is 4.74 Å². The molecule has 0 unspecified atom stereocenters. The summed E-state index contributed by atoms with van der Waals surface area (Å²) >= 11 is 0. The second kappa shape index (κ2) is 5.64. The molecule has 2 fully saturated rings. The second-order valence-electron chi connectivity index (χ2n) is 4.85. The molecule has 0 aromatic rings. The molecule has 0 bridgehead atoms. The largest absolute Gasteiger partial charge is 0.378 e.